The van der Waals surface area contributed by atoms with Gasteiger partial charge in [0.1, 0.15) is 5.82 Å². The zero-order chi connectivity index (χ0) is 14.3. The van der Waals surface area contributed by atoms with Gasteiger partial charge in [-0.2, -0.15) is 13.2 Å². The highest BCUT2D eigenvalue weighted by Crippen LogP contribution is 2.39. The van der Waals surface area contributed by atoms with Crippen molar-refractivity contribution in [2.24, 2.45) is 5.73 Å². The van der Waals surface area contributed by atoms with Crippen LogP contribution in [0.2, 0.25) is 0 Å². The Bertz CT molecular complexity index is 464. The molecule has 2 nitrogen and oxygen atoms in total. The number of nitrogens with two attached hydrogens (primary N) is 1. The highest BCUT2D eigenvalue weighted by molar-refractivity contribution is 5.30. The highest BCUT2D eigenvalue weighted by atomic mass is 19.4. The molecule has 3 N–H and O–H groups in total. The molecule has 106 valence electrons. The van der Waals surface area contributed by atoms with Crippen LogP contribution in [-0.4, -0.2) is 11.1 Å². The van der Waals surface area contributed by atoms with Crippen molar-refractivity contribution in [3.63, 3.8) is 0 Å². The summed E-state index contributed by atoms with van der Waals surface area (Å²) in [5, 5.41) is 10.4. The third kappa shape index (κ3) is 2.90. The maximum absolute atomic E-state index is 13.5. The smallest absolute Gasteiger partial charge is 0.385 e. The van der Waals surface area contributed by atoms with Crippen LogP contribution < -0.4 is 5.73 Å². The van der Waals surface area contributed by atoms with Gasteiger partial charge in [-0.3, -0.25) is 0 Å². The maximum Gasteiger partial charge on any atom is 0.419 e. The number of rotatable bonds is 1. The number of benzene rings is 1. The predicted molar refractivity (Wildman–Crippen MR) is 61.7 cm³/mol. The van der Waals surface area contributed by atoms with Crippen molar-refractivity contribution in [3.8, 4) is 0 Å². The lowest BCUT2D eigenvalue weighted by molar-refractivity contribution is -0.140. The van der Waals surface area contributed by atoms with Crippen LogP contribution >= 0.6 is 0 Å². The van der Waals surface area contributed by atoms with E-state index in [1.54, 1.807) is 0 Å². The van der Waals surface area contributed by atoms with Gasteiger partial charge in [0.15, 0.2) is 0 Å². The van der Waals surface area contributed by atoms with Gasteiger partial charge >= 0.3 is 6.18 Å². The van der Waals surface area contributed by atoms with Crippen molar-refractivity contribution in [2.45, 2.75) is 43.5 Å². The molecule has 1 aliphatic carbocycles. The molecule has 1 aromatic rings. The molecule has 0 heterocycles. The largest absolute Gasteiger partial charge is 0.419 e. The molecule has 0 radical (unpaired) electrons. The third-order valence-electron chi connectivity index (χ3n) is 3.67. The van der Waals surface area contributed by atoms with Gasteiger partial charge in [-0.05, 0) is 43.4 Å². The van der Waals surface area contributed by atoms with Crippen molar-refractivity contribution in [1.29, 1.82) is 0 Å². The van der Waals surface area contributed by atoms with Crippen LogP contribution in [0.4, 0.5) is 17.6 Å². The van der Waals surface area contributed by atoms with Crippen LogP contribution in [0.15, 0.2) is 18.2 Å². The normalized spacial score (nSPS) is 28.4. The Labute approximate surface area is 108 Å². The lowest BCUT2D eigenvalue weighted by Gasteiger charge is -2.35. The second-order valence-electron chi connectivity index (χ2n) is 5.06. The molecule has 0 spiro atoms. The summed E-state index contributed by atoms with van der Waals surface area (Å²) in [6.45, 7) is 0. The minimum atomic E-state index is -4.72. The second kappa shape index (κ2) is 4.76. The van der Waals surface area contributed by atoms with E-state index in [2.05, 4.69) is 0 Å². The third-order valence-corrected chi connectivity index (χ3v) is 3.67. The van der Waals surface area contributed by atoms with E-state index in [0.717, 1.165) is 12.1 Å². The van der Waals surface area contributed by atoms with Gasteiger partial charge in [0, 0.05) is 6.04 Å². The van der Waals surface area contributed by atoms with E-state index in [0.29, 0.717) is 31.7 Å². The Balaban J connectivity index is 2.30. The van der Waals surface area contributed by atoms with E-state index >= 15 is 0 Å². The van der Waals surface area contributed by atoms with Crippen molar-refractivity contribution in [3.05, 3.63) is 35.1 Å². The second-order valence-corrected chi connectivity index (χ2v) is 5.06. The molecule has 0 unspecified atom stereocenters. The minimum absolute atomic E-state index is 0.0143. The number of hydrogen-bond donors (Lipinski definition) is 2. The summed E-state index contributed by atoms with van der Waals surface area (Å²) < 4.78 is 50.8. The molecule has 6 heteroatoms. The van der Waals surface area contributed by atoms with E-state index in [4.69, 9.17) is 5.73 Å². The Morgan fingerprint density at radius 2 is 1.79 bits per heavy atom. The number of hydrogen-bond acceptors (Lipinski definition) is 2. The fraction of sp³-hybridized carbons (Fsp3) is 0.538. The van der Waals surface area contributed by atoms with Gasteiger partial charge in [-0.15, -0.1) is 0 Å². The predicted octanol–water partition coefficient (Wildman–Crippen LogP) is 2.93. The molecule has 0 aliphatic heterocycles. The summed E-state index contributed by atoms with van der Waals surface area (Å²) in [6.07, 6.45) is -2.92. The van der Waals surface area contributed by atoms with Crippen LogP contribution in [0.5, 0.6) is 0 Å². The van der Waals surface area contributed by atoms with Crippen molar-refractivity contribution in [1.82, 2.24) is 0 Å². The molecule has 0 amide bonds. The van der Waals surface area contributed by atoms with Crippen LogP contribution in [-0.2, 0) is 11.8 Å². The summed E-state index contributed by atoms with van der Waals surface area (Å²) >= 11 is 0. The quantitative estimate of drug-likeness (QED) is 0.775. The first kappa shape index (κ1) is 14.3. The SMILES string of the molecule is NC1CCC(O)(c2ccc(C(F)(F)F)c(F)c2)CC1. The average Bonchev–Trinajstić information content (AvgIpc) is 2.31. The van der Waals surface area contributed by atoms with Crippen molar-refractivity contribution < 1.29 is 22.7 Å². The Morgan fingerprint density at radius 3 is 2.26 bits per heavy atom. The topological polar surface area (TPSA) is 46.2 Å². The summed E-state index contributed by atoms with van der Waals surface area (Å²) in [7, 11) is 0. The van der Waals surface area contributed by atoms with E-state index in [-0.39, 0.29) is 11.6 Å². The van der Waals surface area contributed by atoms with E-state index in [1.807, 2.05) is 0 Å². The lowest BCUT2D eigenvalue weighted by Crippen LogP contribution is -2.36. The number of alkyl halides is 3. The Hall–Kier alpha value is -1.14. The van der Waals surface area contributed by atoms with Crippen molar-refractivity contribution >= 4 is 0 Å². The Morgan fingerprint density at radius 1 is 1.21 bits per heavy atom. The number of aliphatic hydroxyl groups is 1. The van der Waals surface area contributed by atoms with Crippen LogP contribution in [0.1, 0.15) is 36.8 Å². The molecular weight excluding hydrogens is 262 g/mol. The molecule has 0 saturated heterocycles. The van der Waals surface area contributed by atoms with Gasteiger partial charge in [-0.1, -0.05) is 6.07 Å². The van der Waals surface area contributed by atoms with Gasteiger partial charge < -0.3 is 10.8 Å². The highest BCUT2D eigenvalue weighted by Gasteiger charge is 2.37. The van der Waals surface area contributed by atoms with Crippen LogP contribution in [0.3, 0.4) is 0 Å². The molecular formula is C13H15F4NO. The van der Waals surface area contributed by atoms with Crippen LogP contribution in [0, 0.1) is 5.82 Å². The summed E-state index contributed by atoms with van der Waals surface area (Å²) in [6, 6.07) is 2.58. The fourth-order valence-corrected chi connectivity index (χ4v) is 2.44. The van der Waals surface area contributed by atoms with Gasteiger partial charge in [0.2, 0.25) is 0 Å². The zero-order valence-corrected chi connectivity index (χ0v) is 10.2. The van der Waals surface area contributed by atoms with E-state index in [1.165, 1.54) is 0 Å². The van der Waals surface area contributed by atoms with Gasteiger partial charge in [0.25, 0.3) is 0 Å². The minimum Gasteiger partial charge on any atom is -0.385 e. The van der Waals surface area contributed by atoms with Crippen LogP contribution in [0.25, 0.3) is 0 Å². The van der Waals surface area contributed by atoms with E-state index < -0.39 is 23.2 Å². The first-order valence-corrected chi connectivity index (χ1v) is 6.07. The molecule has 0 bridgehead atoms. The molecule has 1 saturated carbocycles. The first-order valence-electron chi connectivity index (χ1n) is 6.07. The monoisotopic (exact) mass is 277 g/mol. The van der Waals surface area contributed by atoms with Gasteiger partial charge in [-0.25, -0.2) is 4.39 Å². The van der Waals surface area contributed by atoms with E-state index in [9.17, 15) is 22.7 Å². The Kier molecular flexibility index (Phi) is 3.57. The maximum atomic E-state index is 13.5. The summed E-state index contributed by atoms with van der Waals surface area (Å²) in [5.74, 6) is -1.35. The average molecular weight is 277 g/mol. The summed E-state index contributed by atoms with van der Waals surface area (Å²) in [4.78, 5) is 0. The molecule has 1 aromatic carbocycles. The first-order chi connectivity index (χ1) is 8.72. The molecule has 0 atom stereocenters. The number of halogens is 4. The summed E-state index contributed by atoms with van der Waals surface area (Å²) in [5.41, 5.74) is 3.31. The molecule has 1 fully saturated rings. The zero-order valence-electron chi connectivity index (χ0n) is 10.2. The molecule has 2 rings (SSSR count). The standard InChI is InChI=1S/C13H15F4NO/c14-11-7-8(1-2-10(11)13(15,16)17)12(19)5-3-9(18)4-6-12/h1-2,7,9,19H,3-6,18H2. The molecule has 19 heavy (non-hydrogen) atoms. The van der Waals surface area contributed by atoms with Gasteiger partial charge in [0.05, 0.1) is 11.2 Å². The fourth-order valence-electron chi connectivity index (χ4n) is 2.44. The molecule has 1 aliphatic rings. The van der Waals surface area contributed by atoms with Crippen molar-refractivity contribution in [2.75, 3.05) is 0 Å². The molecule has 0 aromatic heterocycles. The lowest BCUT2D eigenvalue weighted by atomic mass is 9.78.